The summed E-state index contributed by atoms with van der Waals surface area (Å²) in [5.41, 5.74) is 1.77. The molecule has 0 saturated heterocycles. The topological polar surface area (TPSA) is 68.2 Å². The number of benzene rings is 1. The largest absolute Gasteiger partial charge is 0.491 e. The first-order chi connectivity index (χ1) is 11.1. The number of urea groups is 1. The minimum Gasteiger partial charge on any atom is -0.491 e. The van der Waals surface area contributed by atoms with Crippen LogP contribution in [0.25, 0.3) is 0 Å². The first kappa shape index (κ1) is 16.9. The van der Waals surface area contributed by atoms with Crippen LogP contribution in [-0.2, 0) is 6.54 Å². The van der Waals surface area contributed by atoms with Gasteiger partial charge >= 0.3 is 6.03 Å². The van der Waals surface area contributed by atoms with Crippen LogP contribution in [0.3, 0.4) is 0 Å². The number of hydrogen-bond acceptors (Lipinski definition) is 3. The zero-order valence-electron chi connectivity index (χ0n) is 13.9. The van der Waals surface area contributed by atoms with Crippen molar-refractivity contribution in [2.75, 3.05) is 11.9 Å². The van der Waals surface area contributed by atoms with Gasteiger partial charge in [-0.3, -0.25) is 0 Å². The lowest BCUT2D eigenvalue weighted by Gasteiger charge is -2.17. The molecule has 0 fully saturated rings. The van der Waals surface area contributed by atoms with Crippen molar-refractivity contribution in [2.24, 2.45) is 0 Å². The summed E-state index contributed by atoms with van der Waals surface area (Å²) in [7, 11) is 0. The summed E-state index contributed by atoms with van der Waals surface area (Å²) >= 11 is 0. The number of rotatable bonds is 7. The van der Waals surface area contributed by atoms with Crippen molar-refractivity contribution in [1.29, 1.82) is 0 Å². The molecule has 124 valence electrons. The van der Waals surface area contributed by atoms with Gasteiger partial charge in [0.1, 0.15) is 5.75 Å². The van der Waals surface area contributed by atoms with Crippen LogP contribution in [0.5, 0.6) is 5.75 Å². The summed E-state index contributed by atoms with van der Waals surface area (Å²) in [6, 6.07) is 5.47. The van der Waals surface area contributed by atoms with Crippen molar-refractivity contribution in [2.45, 2.75) is 39.8 Å². The van der Waals surface area contributed by atoms with E-state index >= 15 is 0 Å². The summed E-state index contributed by atoms with van der Waals surface area (Å²) in [5, 5.41) is 5.77. The summed E-state index contributed by atoms with van der Waals surface area (Å²) < 4.78 is 7.63. The van der Waals surface area contributed by atoms with Gasteiger partial charge in [-0.2, -0.15) is 0 Å². The number of nitrogens with one attached hydrogen (secondary N) is 2. The van der Waals surface area contributed by atoms with Crippen LogP contribution in [0.1, 0.15) is 25.8 Å². The highest BCUT2D eigenvalue weighted by Crippen LogP contribution is 2.25. The van der Waals surface area contributed by atoms with Crippen molar-refractivity contribution >= 4 is 11.7 Å². The molecule has 0 radical (unpaired) electrons. The summed E-state index contributed by atoms with van der Waals surface area (Å²) in [6.45, 7) is 7.28. The predicted molar refractivity (Wildman–Crippen MR) is 90.8 cm³/mol. The maximum atomic E-state index is 12.2. The fourth-order valence-corrected chi connectivity index (χ4v) is 2.20. The quantitative estimate of drug-likeness (QED) is 0.824. The Morgan fingerprint density at radius 1 is 1.43 bits per heavy atom. The van der Waals surface area contributed by atoms with Gasteiger partial charge in [0, 0.05) is 25.0 Å². The van der Waals surface area contributed by atoms with Crippen LogP contribution in [-0.4, -0.2) is 28.2 Å². The third kappa shape index (κ3) is 5.32. The van der Waals surface area contributed by atoms with Gasteiger partial charge in [0.15, 0.2) is 0 Å². The number of ether oxygens (including phenoxy) is 1. The second kappa shape index (κ2) is 8.22. The van der Waals surface area contributed by atoms with E-state index in [0.29, 0.717) is 24.6 Å². The Kier molecular flexibility index (Phi) is 6.02. The molecular weight excluding hydrogens is 292 g/mol. The molecule has 0 aliphatic carbocycles. The Morgan fingerprint density at radius 2 is 2.26 bits per heavy atom. The molecule has 2 aromatic rings. The number of carbonyl (C=O) groups is 1. The van der Waals surface area contributed by atoms with Crippen LogP contribution >= 0.6 is 0 Å². The number of anilines is 1. The smallest absolute Gasteiger partial charge is 0.319 e. The van der Waals surface area contributed by atoms with Crippen molar-refractivity contribution in [1.82, 2.24) is 14.9 Å². The van der Waals surface area contributed by atoms with Gasteiger partial charge in [-0.1, -0.05) is 13.0 Å². The minimum absolute atomic E-state index is 0.0188. The molecule has 6 nitrogen and oxygen atoms in total. The molecule has 2 rings (SSSR count). The minimum atomic E-state index is -0.247. The molecule has 1 atom stereocenters. The number of aromatic nitrogens is 2. The molecule has 0 spiro atoms. The molecule has 0 aliphatic heterocycles. The third-order valence-corrected chi connectivity index (χ3v) is 3.27. The number of amides is 2. The van der Waals surface area contributed by atoms with Gasteiger partial charge in [0.05, 0.1) is 18.6 Å². The lowest BCUT2D eigenvalue weighted by molar-refractivity contribution is 0.247. The molecule has 6 heteroatoms. The first-order valence-corrected chi connectivity index (χ1v) is 7.85. The molecule has 0 saturated carbocycles. The molecule has 1 aromatic heterocycles. The van der Waals surface area contributed by atoms with Gasteiger partial charge in [-0.15, -0.1) is 0 Å². The SMILES string of the molecule is CCCOc1cc(C)ccc1NC(=O)N[C@H](C)Cn1ccnc1. The lowest BCUT2D eigenvalue weighted by atomic mass is 10.2. The van der Waals surface area contributed by atoms with Gasteiger partial charge in [0.2, 0.25) is 0 Å². The molecule has 23 heavy (non-hydrogen) atoms. The standard InChI is InChI=1S/C17H24N4O2/c1-4-9-23-16-10-13(2)5-6-15(16)20-17(22)19-14(3)11-21-8-7-18-12-21/h5-8,10,12,14H,4,9,11H2,1-3H3,(H2,19,20,22)/t14-/m1/s1. The molecule has 2 N–H and O–H groups in total. The van der Waals surface area contributed by atoms with E-state index in [2.05, 4.69) is 15.6 Å². The van der Waals surface area contributed by atoms with Crippen LogP contribution in [0, 0.1) is 6.92 Å². The van der Waals surface area contributed by atoms with Crippen molar-refractivity contribution in [3.63, 3.8) is 0 Å². The fraction of sp³-hybridized carbons (Fsp3) is 0.412. The average molecular weight is 316 g/mol. The fourth-order valence-electron chi connectivity index (χ4n) is 2.20. The van der Waals surface area contributed by atoms with Crippen molar-refractivity contribution in [3.05, 3.63) is 42.5 Å². The van der Waals surface area contributed by atoms with Gasteiger partial charge < -0.3 is 19.9 Å². The summed E-state index contributed by atoms with van der Waals surface area (Å²) in [4.78, 5) is 16.1. The second-order valence-electron chi connectivity index (χ2n) is 5.61. The molecule has 2 amide bonds. The summed E-state index contributed by atoms with van der Waals surface area (Å²) in [5.74, 6) is 0.698. The highest BCUT2D eigenvalue weighted by molar-refractivity contribution is 5.91. The van der Waals surface area contributed by atoms with Gasteiger partial charge in [-0.25, -0.2) is 9.78 Å². The van der Waals surface area contributed by atoms with E-state index in [1.807, 2.05) is 49.7 Å². The number of hydrogen-bond donors (Lipinski definition) is 2. The summed E-state index contributed by atoms with van der Waals surface area (Å²) in [6.07, 6.45) is 6.23. The van der Waals surface area contributed by atoms with E-state index in [9.17, 15) is 4.79 Å². The van der Waals surface area contributed by atoms with E-state index in [0.717, 1.165) is 12.0 Å². The molecular formula is C17H24N4O2. The van der Waals surface area contributed by atoms with Gasteiger partial charge in [0.25, 0.3) is 0 Å². The van der Waals surface area contributed by atoms with Crippen LogP contribution < -0.4 is 15.4 Å². The Bertz CT molecular complexity index is 626. The molecule has 1 heterocycles. The zero-order valence-corrected chi connectivity index (χ0v) is 13.9. The average Bonchev–Trinajstić information content (AvgIpc) is 3.00. The van der Waals surface area contributed by atoms with E-state index in [1.165, 1.54) is 0 Å². The highest BCUT2D eigenvalue weighted by Gasteiger charge is 2.11. The molecule has 0 unspecified atom stereocenters. The lowest BCUT2D eigenvalue weighted by Crippen LogP contribution is -2.38. The van der Waals surface area contributed by atoms with E-state index < -0.39 is 0 Å². The number of nitrogens with zero attached hydrogens (tertiary/aromatic N) is 2. The van der Waals surface area contributed by atoms with Gasteiger partial charge in [-0.05, 0) is 38.0 Å². The predicted octanol–water partition coefficient (Wildman–Crippen LogP) is 3.19. The Labute approximate surface area is 136 Å². The van der Waals surface area contributed by atoms with Crippen molar-refractivity contribution < 1.29 is 9.53 Å². The second-order valence-corrected chi connectivity index (χ2v) is 5.61. The van der Waals surface area contributed by atoms with Crippen LogP contribution in [0.4, 0.5) is 10.5 Å². The first-order valence-electron chi connectivity index (χ1n) is 7.85. The van der Waals surface area contributed by atoms with Crippen molar-refractivity contribution in [3.8, 4) is 5.75 Å². The van der Waals surface area contributed by atoms with E-state index in [4.69, 9.17) is 4.74 Å². The number of aryl methyl sites for hydroxylation is 1. The van der Waals surface area contributed by atoms with Crippen LogP contribution in [0.2, 0.25) is 0 Å². The Hall–Kier alpha value is -2.50. The highest BCUT2D eigenvalue weighted by atomic mass is 16.5. The van der Waals surface area contributed by atoms with E-state index in [1.54, 1.807) is 12.5 Å². The normalized spacial score (nSPS) is 11.8. The van der Waals surface area contributed by atoms with Crippen LogP contribution in [0.15, 0.2) is 36.9 Å². The Balaban J connectivity index is 1.93. The number of imidazole rings is 1. The molecule has 0 aliphatic rings. The van der Waals surface area contributed by atoms with E-state index in [-0.39, 0.29) is 12.1 Å². The maximum Gasteiger partial charge on any atom is 0.319 e. The maximum absolute atomic E-state index is 12.2. The zero-order chi connectivity index (χ0) is 16.7. The number of carbonyl (C=O) groups excluding carboxylic acids is 1. The molecule has 1 aromatic carbocycles. The monoisotopic (exact) mass is 316 g/mol. The Morgan fingerprint density at radius 3 is 2.96 bits per heavy atom. The molecule has 0 bridgehead atoms. The third-order valence-electron chi connectivity index (χ3n) is 3.27.